The van der Waals surface area contributed by atoms with E-state index in [-0.39, 0.29) is 33.8 Å². The molecule has 2 aromatic rings. The fourth-order valence-electron chi connectivity index (χ4n) is 1.92. The molecule has 2 aromatic heterocycles. The lowest BCUT2D eigenvalue weighted by molar-refractivity contribution is -0.0836. The van der Waals surface area contributed by atoms with Gasteiger partial charge in [0.25, 0.3) is 0 Å². The van der Waals surface area contributed by atoms with E-state index in [4.69, 9.17) is 17.3 Å². The summed E-state index contributed by atoms with van der Waals surface area (Å²) < 4.78 is 63.3. The first-order valence-electron chi connectivity index (χ1n) is 6.79. The molecule has 0 spiro atoms. The lowest BCUT2D eigenvalue weighted by Gasteiger charge is -2.09. The SMILES string of the molecule is CCS(=O)(=O)c1cnc(N)nc1-c1ncc(/C=C(\Cl)C(F)(F)F)n1C. The topological polar surface area (TPSA) is 104 Å². The molecule has 7 nitrogen and oxygen atoms in total. The standard InChI is InChI=1S/C13H13ClF3N5O2S/c1-3-25(23,24)8-6-20-12(18)21-10(8)11-19-5-7(22(11)2)4-9(14)13(15,16)17/h4-6H,3H2,1-2H3,(H2,18,20,21)/b9-4-. The quantitative estimate of drug-likeness (QED) is 0.852. The minimum Gasteiger partial charge on any atom is -0.368 e. The maximum Gasteiger partial charge on any atom is 0.427 e. The minimum atomic E-state index is -4.71. The van der Waals surface area contributed by atoms with Gasteiger partial charge in [-0.15, -0.1) is 0 Å². The van der Waals surface area contributed by atoms with Gasteiger partial charge in [0, 0.05) is 7.05 Å². The predicted molar refractivity (Wildman–Crippen MR) is 86.3 cm³/mol. The van der Waals surface area contributed by atoms with Crippen molar-refractivity contribution in [3.8, 4) is 11.5 Å². The summed E-state index contributed by atoms with van der Waals surface area (Å²) in [7, 11) is -2.30. The first-order valence-corrected chi connectivity index (χ1v) is 8.82. The molecule has 0 fully saturated rings. The number of halogens is 4. The first kappa shape index (κ1) is 19.2. The Labute approximate surface area is 146 Å². The van der Waals surface area contributed by atoms with Gasteiger partial charge in [0.2, 0.25) is 5.95 Å². The van der Waals surface area contributed by atoms with Crippen LogP contribution >= 0.6 is 11.6 Å². The lowest BCUT2D eigenvalue weighted by atomic mass is 10.3. The fraction of sp³-hybridized carbons (Fsp3) is 0.308. The van der Waals surface area contributed by atoms with Crippen molar-refractivity contribution in [2.45, 2.75) is 18.0 Å². The van der Waals surface area contributed by atoms with Gasteiger partial charge in [-0.2, -0.15) is 13.2 Å². The molecule has 0 saturated heterocycles. The van der Waals surface area contributed by atoms with Crippen LogP contribution in [0.15, 0.2) is 22.3 Å². The van der Waals surface area contributed by atoms with Gasteiger partial charge >= 0.3 is 6.18 Å². The summed E-state index contributed by atoms with van der Waals surface area (Å²) in [6.45, 7) is 1.44. The van der Waals surface area contributed by atoms with Crippen molar-refractivity contribution in [2.75, 3.05) is 11.5 Å². The molecule has 136 valence electrons. The molecule has 2 N–H and O–H groups in total. The van der Waals surface area contributed by atoms with Crippen molar-refractivity contribution in [3.63, 3.8) is 0 Å². The van der Waals surface area contributed by atoms with Gasteiger partial charge < -0.3 is 10.3 Å². The maximum absolute atomic E-state index is 12.6. The third-order valence-corrected chi connectivity index (χ3v) is 5.32. The van der Waals surface area contributed by atoms with E-state index in [0.717, 1.165) is 12.4 Å². The number of imidazole rings is 1. The van der Waals surface area contributed by atoms with Crippen LogP contribution in [-0.4, -0.2) is 39.9 Å². The number of sulfone groups is 1. The average molecular weight is 396 g/mol. The molecule has 0 aliphatic rings. The van der Waals surface area contributed by atoms with Crippen molar-refractivity contribution < 1.29 is 21.6 Å². The Kier molecular flexibility index (Phi) is 5.09. The molecule has 2 heterocycles. The Balaban J connectivity index is 2.65. The highest BCUT2D eigenvalue weighted by Gasteiger charge is 2.32. The second-order valence-electron chi connectivity index (χ2n) is 4.90. The Morgan fingerprint density at radius 2 is 2.00 bits per heavy atom. The van der Waals surface area contributed by atoms with Crippen LogP contribution in [0.5, 0.6) is 0 Å². The van der Waals surface area contributed by atoms with E-state index < -0.39 is 21.0 Å². The number of anilines is 1. The monoisotopic (exact) mass is 395 g/mol. The number of hydrogen-bond donors (Lipinski definition) is 1. The van der Waals surface area contributed by atoms with Crippen molar-refractivity contribution in [3.05, 3.63) is 23.1 Å². The third-order valence-electron chi connectivity index (χ3n) is 3.27. The second-order valence-corrected chi connectivity index (χ2v) is 7.55. The highest BCUT2D eigenvalue weighted by atomic mass is 35.5. The number of hydrogen-bond acceptors (Lipinski definition) is 6. The van der Waals surface area contributed by atoms with E-state index in [1.807, 2.05) is 0 Å². The maximum atomic E-state index is 12.6. The normalized spacial score (nSPS) is 13.3. The summed E-state index contributed by atoms with van der Waals surface area (Å²) in [6.07, 6.45) is -1.87. The van der Waals surface area contributed by atoms with Crippen molar-refractivity contribution in [2.24, 2.45) is 7.05 Å². The number of aromatic nitrogens is 4. The van der Waals surface area contributed by atoms with E-state index in [1.165, 1.54) is 18.5 Å². The highest BCUT2D eigenvalue weighted by Crippen LogP contribution is 2.31. The number of nitrogens with two attached hydrogens (primary N) is 1. The molecule has 0 radical (unpaired) electrons. The van der Waals surface area contributed by atoms with Crippen LogP contribution in [-0.2, 0) is 16.9 Å². The largest absolute Gasteiger partial charge is 0.427 e. The molecule has 25 heavy (non-hydrogen) atoms. The van der Waals surface area contributed by atoms with Crippen LogP contribution in [0.2, 0.25) is 0 Å². The smallest absolute Gasteiger partial charge is 0.368 e. The van der Waals surface area contributed by atoms with Crippen molar-refractivity contribution >= 4 is 33.5 Å². The molecule has 0 unspecified atom stereocenters. The molecule has 0 bridgehead atoms. The van der Waals surface area contributed by atoms with Gasteiger partial charge in [-0.25, -0.2) is 23.4 Å². The number of allylic oxidation sites excluding steroid dienone is 1. The summed E-state index contributed by atoms with van der Waals surface area (Å²) >= 11 is 5.22. The molecule has 12 heteroatoms. The molecule has 0 aromatic carbocycles. The van der Waals surface area contributed by atoms with Crippen LogP contribution in [0, 0.1) is 0 Å². The molecule has 0 aliphatic carbocycles. The fourth-order valence-corrected chi connectivity index (χ4v) is 2.98. The predicted octanol–water partition coefficient (Wildman–Crippen LogP) is 2.39. The lowest BCUT2D eigenvalue weighted by Crippen LogP contribution is -2.11. The zero-order valence-electron chi connectivity index (χ0n) is 13.0. The Hall–Kier alpha value is -2.14. The summed E-state index contributed by atoms with van der Waals surface area (Å²) in [5.41, 5.74) is 5.42. The zero-order valence-corrected chi connectivity index (χ0v) is 14.6. The molecular formula is C13H13ClF3N5O2S. The van der Waals surface area contributed by atoms with E-state index in [9.17, 15) is 21.6 Å². The molecule has 0 atom stereocenters. The van der Waals surface area contributed by atoms with Gasteiger partial charge in [-0.1, -0.05) is 18.5 Å². The van der Waals surface area contributed by atoms with Crippen LogP contribution in [0.25, 0.3) is 17.6 Å². The second kappa shape index (κ2) is 6.64. The minimum absolute atomic E-state index is 0.00866. The Morgan fingerprint density at radius 1 is 1.36 bits per heavy atom. The van der Waals surface area contributed by atoms with Crippen LogP contribution in [0.1, 0.15) is 12.6 Å². The van der Waals surface area contributed by atoms with E-state index in [0.29, 0.717) is 6.08 Å². The van der Waals surface area contributed by atoms with Gasteiger partial charge in [0.05, 0.1) is 23.8 Å². The van der Waals surface area contributed by atoms with Gasteiger partial charge in [0.15, 0.2) is 15.7 Å². The summed E-state index contributed by atoms with van der Waals surface area (Å²) in [5, 5.41) is -1.34. The molecule has 0 amide bonds. The number of nitrogens with zero attached hydrogens (tertiary/aromatic N) is 4. The Morgan fingerprint density at radius 3 is 2.56 bits per heavy atom. The molecular weight excluding hydrogens is 383 g/mol. The summed E-state index contributed by atoms with van der Waals surface area (Å²) in [4.78, 5) is 11.3. The summed E-state index contributed by atoms with van der Waals surface area (Å²) in [5.74, 6) is -0.401. The van der Waals surface area contributed by atoms with Crippen molar-refractivity contribution in [1.82, 2.24) is 19.5 Å². The Bertz CT molecular complexity index is 938. The van der Waals surface area contributed by atoms with Crippen LogP contribution in [0.4, 0.5) is 19.1 Å². The van der Waals surface area contributed by atoms with Gasteiger partial charge in [-0.05, 0) is 6.08 Å². The average Bonchev–Trinajstić information content (AvgIpc) is 2.87. The summed E-state index contributed by atoms with van der Waals surface area (Å²) in [6, 6.07) is 0. The van der Waals surface area contributed by atoms with Gasteiger partial charge in [-0.3, -0.25) is 0 Å². The molecule has 0 aliphatic heterocycles. The number of alkyl halides is 3. The van der Waals surface area contributed by atoms with Crippen LogP contribution < -0.4 is 5.73 Å². The molecule has 2 rings (SSSR count). The van der Waals surface area contributed by atoms with E-state index in [1.54, 1.807) is 0 Å². The van der Waals surface area contributed by atoms with Crippen LogP contribution in [0.3, 0.4) is 0 Å². The zero-order chi connectivity index (χ0) is 19.0. The van der Waals surface area contributed by atoms with E-state index >= 15 is 0 Å². The molecule has 0 saturated carbocycles. The third kappa shape index (κ3) is 3.93. The number of rotatable bonds is 4. The van der Waals surface area contributed by atoms with Crippen molar-refractivity contribution in [1.29, 1.82) is 0 Å². The van der Waals surface area contributed by atoms with E-state index in [2.05, 4.69) is 15.0 Å². The van der Waals surface area contributed by atoms with Gasteiger partial charge in [0.1, 0.15) is 15.6 Å². The highest BCUT2D eigenvalue weighted by molar-refractivity contribution is 7.91. The first-order chi connectivity index (χ1) is 11.5. The number of nitrogen functional groups attached to an aromatic ring is 1.